The second-order valence-corrected chi connectivity index (χ2v) is 7.24. The van der Waals surface area contributed by atoms with Gasteiger partial charge in [-0.05, 0) is 36.2 Å². The molecule has 1 heterocycles. The van der Waals surface area contributed by atoms with Crippen LogP contribution in [0, 0.1) is 0 Å². The summed E-state index contributed by atoms with van der Waals surface area (Å²) in [6, 6.07) is 11.5. The van der Waals surface area contributed by atoms with Crippen molar-refractivity contribution in [1.82, 2.24) is 19.9 Å². The SMILES string of the molecule is CCN(CC)Cc1ccc(-c2cnnn2-c2cc(C(C)C)c(O)cc2O)cc1. The van der Waals surface area contributed by atoms with Crippen molar-refractivity contribution in [1.29, 1.82) is 0 Å². The van der Waals surface area contributed by atoms with Gasteiger partial charge in [0.15, 0.2) is 0 Å². The molecule has 0 fully saturated rings. The number of aromatic hydroxyl groups is 2. The van der Waals surface area contributed by atoms with Gasteiger partial charge in [-0.25, -0.2) is 4.68 Å². The largest absolute Gasteiger partial charge is 0.508 e. The molecule has 148 valence electrons. The van der Waals surface area contributed by atoms with Gasteiger partial charge in [-0.15, -0.1) is 5.10 Å². The van der Waals surface area contributed by atoms with Crippen LogP contribution < -0.4 is 0 Å². The van der Waals surface area contributed by atoms with Crippen LogP contribution in [0.5, 0.6) is 11.5 Å². The summed E-state index contributed by atoms with van der Waals surface area (Å²) in [6.07, 6.45) is 1.68. The van der Waals surface area contributed by atoms with E-state index in [2.05, 4.69) is 53.3 Å². The van der Waals surface area contributed by atoms with Gasteiger partial charge in [-0.3, -0.25) is 4.90 Å². The Balaban J connectivity index is 1.96. The Bertz CT molecular complexity index is 928. The normalized spacial score (nSPS) is 11.5. The summed E-state index contributed by atoms with van der Waals surface area (Å²) in [5, 5.41) is 28.7. The lowest BCUT2D eigenvalue weighted by Crippen LogP contribution is -2.21. The Hall–Kier alpha value is -2.86. The van der Waals surface area contributed by atoms with E-state index in [1.807, 2.05) is 13.8 Å². The average Bonchev–Trinajstić information content (AvgIpc) is 3.15. The summed E-state index contributed by atoms with van der Waals surface area (Å²) in [7, 11) is 0. The van der Waals surface area contributed by atoms with E-state index in [1.165, 1.54) is 11.6 Å². The van der Waals surface area contributed by atoms with Crippen LogP contribution in [-0.4, -0.2) is 43.2 Å². The van der Waals surface area contributed by atoms with Gasteiger partial charge in [0, 0.05) is 18.2 Å². The summed E-state index contributed by atoms with van der Waals surface area (Å²) in [5.41, 5.74) is 4.25. The number of rotatable bonds is 7. The van der Waals surface area contributed by atoms with Gasteiger partial charge in [0.2, 0.25) is 0 Å². The fraction of sp³-hybridized carbons (Fsp3) is 0.364. The Morgan fingerprint density at radius 1 is 1.00 bits per heavy atom. The van der Waals surface area contributed by atoms with E-state index < -0.39 is 0 Å². The maximum atomic E-state index is 10.4. The van der Waals surface area contributed by atoms with Gasteiger partial charge >= 0.3 is 0 Å². The Morgan fingerprint density at radius 2 is 1.68 bits per heavy atom. The van der Waals surface area contributed by atoms with Crippen molar-refractivity contribution in [3.05, 3.63) is 53.7 Å². The molecule has 0 aliphatic rings. The molecule has 28 heavy (non-hydrogen) atoms. The summed E-state index contributed by atoms with van der Waals surface area (Å²) < 4.78 is 1.61. The topological polar surface area (TPSA) is 74.4 Å². The van der Waals surface area contributed by atoms with Crippen LogP contribution in [0.4, 0.5) is 0 Å². The average molecular weight is 380 g/mol. The van der Waals surface area contributed by atoms with E-state index in [0.717, 1.165) is 36.5 Å². The van der Waals surface area contributed by atoms with Gasteiger partial charge in [-0.2, -0.15) is 0 Å². The minimum atomic E-state index is -0.0354. The van der Waals surface area contributed by atoms with Crippen LogP contribution in [0.1, 0.15) is 44.7 Å². The van der Waals surface area contributed by atoms with Crippen molar-refractivity contribution in [3.8, 4) is 28.4 Å². The van der Waals surface area contributed by atoms with Gasteiger partial charge in [-0.1, -0.05) is 57.2 Å². The molecule has 3 aromatic rings. The van der Waals surface area contributed by atoms with E-state index in [0.29, 0.717) is 5.69 Å². The molecule has 6 nitrogen and oxygen atoms in total. The summed E-state index contributed by atoms with van der Waals surface area (Å²) in [5.74, 6) is 0.163. The highest BCUT2D eigenvalue weighted by atomic mass is 16.3. The minimum absolute atomic E-state index is 0.0354. The zero-order valence-electron chi connectivity index (χ0n) is 16.9. The second kappa shape index (κ2) is 8.44. The maximum absolute atomic E-state index is 10.4. The highest BCUT2D eigenvalue weighted by Crippen LogP contribution is 2.35. The van der Waals surface area contributed by atoms with Crippen molar-refractivity contribution in [3.63, 3.8) is 0 Å². The zero-order chi connectivity index (χ0) is 20.3. The quantitative estimate of drug-likeness (QED) is 0.639. The van der Waals surface area contributed by atoms with Crippen molar-refractivity contribution in [2.24, 2.45) is 0 Å². The fourth-order valence-electron chi connectivity index (χ4n) is 3.31. The van der Waals surface area contributed by atoms with Gasteiger partial charge < -0.3 is 10.2 Å². The van der Waals surface area contributed by atoms with Crippen LogP contribution in [0.15, 0.2) is 42.6 Å². The number of hydrogen-bond acceptors (Lipinski definition) is 5. The van der Waals surface area contributed by atoms with Gasteiger partial charge in [0.25, 0.3) is 0 Å². The molecule has 0 atom stereocenters. The molecule has 0 spiro atoms. The lowest BCUT2D eigenvalue weighted by Gasteiger charge is -2.18. The van der Waals surface area contributed by atoms with Crippen LogP contribution >= 0.6 is 0 Å². The van der Waals surface area contributed by atoms with Crippen LogP contribution in [0.3, 0.4) is 0 Å². The van der Waals surface area contributed by atoms with E-state index in [-0.39, 0.29) is 17.4 Å². The Kier molecular flexibility index (Phi) is 5.99. The highest BCUT2D eigenvalue weighted by Gasteiger charge is 2.17. The van der Waals surface area contributed by atoms with Crippen LogP contribution in [0.25, 0.3) is 16.9 Å². The molecule has 0 amide bonds. The number of phenols is 2. The highest BCUT2D eigenvalue weighted by molar-refractivity contribution is 5.64. The molecule has 2 N–H and O–H groups in total. The van der Waals surface area contributed by atoms with Crippen molar-refractivity contribution in [2.45, 2.75) is 40.2 Å². The summed E-state index contributed by atoms with van der Waals surface area (Å²) in [4.78, 5) is 2.36. The lowest BCUT2D eigenvalue weighted by molar-refractivity contribution is 0.296. The first-order chi connectivity index (χ1) is 13.4. The molecule has 6 heteroatoms. The third-order valence-electron chi connectivity index (χ3n) is 5.07. The molecular weight excluding hydrogens is 352 g/mol. The molecule has 0 radical (unpaired) electrons. The molecule has 0 unspecified atom stereocenters. The number of aromatic nitrogens is 3. The van der Waals surface area contributed by atoms with E-state index in [9.17, 15) is 10.2 Å². The maximum Gasteiger partial charge on any atom is 0.145 e. The number of benzene rings is 2. The van der Waals surface area contributed by atoms with Crippen LogP contribution in [0.2, 0.25) is 0 Å². The van der Waals surface area contributed by atoms with E-state index in [1.54, 1.807) is 16.9 Å². The standard InChI is InChI=1S/C22H28N4O2/c1-5-25(6-2)14-16-7-9-17(10-8-16)20-13-23-24-26(20)19-11-18(15(3)4)21(27)12-22(19)28/h7-13,15,27-28H,5-6,14H2,1-4H3. The number of phenolic OH excluding ortho intramolecular Hbond substituents is 2. The third-order valence-corrected chi connectivity index (χ3v) is 5.07. The van der Waals surface area contributed by atoms with Gasteiger partial charge in [0.05, 0.1) is 11.9 Å². The predicted molar refractivity (Wildman–Crippen MR) is 111 cm³/mol. The third kappa shape index (κ3) is 4.02. The molecule has 0 saturated carbocycles. The monoisotopic (exact) mass is 380 g/mol. The lowest BCUT2D eigenvalue weighted by atomic mass is 10.0. The predicted octanol–water partition coefficient (Wildman–Crippen LogP) is 4.31. The first-order valence-corrected chi connectivity index (χ1v) is 9.73. The number of hydrogen-bond donors (Lipinski definition) is 2. The van der Waals surface area contributed by atoms with Crippen LogP contribution in [-0.2, 0) is 6.54 Å². The second-order valence-electron chi connectivity index (χ2n) is 7.24. The summed E-state index contributed by atoms with van der Waals surface area (Å²) in [6.45, 7) is 11.3. The molecule has 0 aliphatic heterocycles. The smallest absolute Gasteiger partial charge is 0.145 e. The minimum Gasteiger partial charge on any atom is -0.508 e. The molecule has 0 aliphatic carbocycles. The summed E-state index contributed by atoms with van der Waals surface area (Å²) >= 11 is 0. The molecule has 0 saturated heterocycles. The van der Waals surface area contributed by atoms with E-state index in [4.69, 9.17) is 0 Å². The zero-order valence-corrected chi connectivity index (χ0v) is 16.9. The first-order valence-electron chi connectivity index (χ1n) is 9.73. The molecule has 1 aromatic heterocycles. The first kappa shape index (κ1) is 19.9. The molecule has 3 rings (SSSR count). The Morgan fingerprint density at radius 3 is 2.29 bits per heavy atom. The van der Waals surface area contributed by atoms with Crippen molar-refractivity contribution in [2.75, 3.05) is 13.1 Å². The number of nitrogens with zero attached hydrogens (tertiary/aromatic N) is 4. The fourth-order valence-corrected chi connectivity index (χ4v) is 3.31. The van der Waals surface area contributed by atoms with E-state index >= 15 is 0 Å². The Labute approximate surface area is 166 Å². The van der Waals surface area contributed by atoms with Gasteiger partial charge in [0.1, 0.15) is 17.2 Å². The molecular formula is C22H28N4O2. The molecule has 2 aromatic carbocycles. The van der Waals surface area contributed by atoms with Crippen molar-refractivity contribution >= 4 is 0 Å². The van der Waals surface area contributed by atoms with Crippen molar-refractivity contribution < 1.29 is 10.2 Å². The molecule has 0 bridgehead atoms.